The fourth-order valence-electron chi connectivity index (χ4n) is 2.49. The molecular formula is C17H10O5. The molecule has 5 nitrogen and oxygen atoms in total. The van der Waals surface area contributed by atoms with Gasteiger partial charge in [0.2, 0.25) is 0 Å². The van der Waals surface area contributed by atoms with Crippen LogP contribution in [0.2, 0.25) is 0 Å². The number of hydrogen-bond acceptors (Lipinski definition) is 4. The fraction of sp³-hybridized carbons (Fsp3) is 0. The fourth-order valence-corrected chi connectivity index (χ4v) is 2.49. The lowest BCUT2D eigenvalue weighted by Crippen LogP contribution is -2.00. The van der Waals surface area contributed by atoms with Crippen LogP contribution < -0.4 is 9.47 Å². The van der Waals surface area contributed by atoms with Crippen LogP contribution in [0.15, 0.2) is 48.5 Å². The van der Waals surface area contributed by atoms with Gasteiger partial charge in [0.25, 0.3) is 0 Å². The lowest BCUT2D eigenvalue weighted by atomic mass is 10.0. The highest BCUT2D eigenvalue weighted by atomic mass is 16.6. The summed E-state index contributed by atoms with van der Waals surface area (Å²) in [5.74, 6) is 0.930. The van der Waals surface area contributed by atoms with Gasteiger partial charge in [0.1, 0.15) is 5.75 Å². The number of phenols is 1. The second kappa shape index (κ2) is 4.39. The van der Waals surface area contributed by atoms with Gasteiger partial charge < -0.3 is 19.7 Å². The first-order valence-corrected chi connectivity index (χ1v) is 6.60. The third kappa shape index (κ3) is 1.83. The molecule has 3 aromatic carbocycles. The average Bonchev–Trinajstić information content (AvgIpc) is 2.51. The number of aromatic hydroxyl groups is 1. The minimum Gasteiger partial charge on any atom is -0.507 e. The predicted octanol–water partition coefficient (Wildman–Crippen LogP) is 4.14. The second-order valence-electron chi connectivity index (χ2n) is 4.97. The van der Waals surface area contributed by atoms with E-state index in [0.717, 1.165) is 0 Å². The first-order chi connectivity index (χ1) is 10.6. The molecule has 0 aliphatic carbocycles. The van der Waals surface area contributed by atoms with E-state index in [4.69, 9.17) is 14.6 Å². The Kier molecular flexibility index (Phi) is 2.50. The van der Waals surface area contributed by atoms with Crippen molar-refractivity contribution in [1.82, 2.24) is 0 Å². The summed E-state index contributed by atoms with van der Waals surface area (Å²) in [7, 11) is 0. The van der Waals surface area contributed by atoms with Crippen molar-refractivity contribution in [3.8, 4) is 28.7 Å². The minimum absolute atomic E-state index is 0.0158. The number of rotatable bonds is 1. The zero-order chi connectivity index (χ0) is 15.3. The number of hydrogen-bond donors (Lipinski definition) is 2. The number of carboxylic acid groups (broad SMARTS) is 1. The summed E-state index contributed by atoms with van der Waals surface area (Å²) in [6.45, 7) is 0. The van der Waals surface area contributed by atoms with Crippen LogP contribution in [0.4, 0.5) is 0 Å². The van der Waals surface area contributed by atoms with Gasteiger partial charge in [-0.05, 0) is 41.8 Å². The van der Waals surface area contributed by atoms with Crippen molar-refractivity contribution < 1.29 is 24.5 Å². The van der Waals surface area contributed by atoms with Crippen LogP contribution in [0.1, 0.15) is 10.4 Å². The zero-order valence-corrected chi connectivity index (χ0v) is 11.2. The number of fused-ring (bicyclic) bond motifs is 3. The van der Waals surface area contributed by atoms with E-state index >= 15 is 0 Å². The Labute approximate surface area is 125 Å². The standard InChI is InChI=1S/C17H10O5/c18-12-6-10(17(19)20)5-9-7-15-16(8-11(9)12)22-14-4-2-1-3-13(14)21-15/h1-8,18H,(H,19,20). The Balaban J connectivity index is 1.92. The summed E-state index contributed by atoms with van der Waals surface area (Å²) >= 11 is 0. The van der Waals surface area contributed by atoms with E-state index in [1.54, 1.807) is 24.3 Å². The van der Waals surface area contributed by atoms with Crippen LogP contribution in [0.3, 0.4) is 0 Å². The van der Waals surface area contributed by atoms with Crippen LogP contribution in [0.25, 0.3) is 10.8 Å². The molecule has 2 N–H and O–H groups in total. The molecule has 3 aromatic rings. The molecule has 0 saturated carbocycles. The molecule has 0 atom stereocenters. The molecule has 0 unspecified atom stereocenters. The number of para-hydroxylation sites is 2. The third-order valence-corrected chi connectivity index (χ3v) is 3.53. The number of carboxylic acids is 1. The Morgan fingerprint density at radius 2 is 1.50 bits per heavy atom. The number of aromatic carboxylic acids is 1. The smallest absolute Gasteiger partial charge is 0.335 e. The predicted molar refractivity (Wildman–Crippen MR) is 79.2 cm³/mol. The van der Waals surface area contributed by atoms with Crippen molar-refractivity contribution >= 4 is 16.7 Å². The van der Waals surface area contributed by atoms with Gasteiger partial charge in [-0.2, -0.15) is 0 Å². The third-order valence-electron chi connectivity index (χ3n) is 3.53. The normalized spacial score (nSPS) is 12.0. The molecule has 5 heteroatoms. The number of phenolic OH excluding ortho intramolecular Hbond substituents is 1. The van der Waals surface area contributed by atoms with Gasteiger partial charge in [-0.15, -0.1) is 0 Å². The van der Waals surface area contributed by atoms with Gasteiger partial charge in [-0.1, -0.05) is 12.1 Å². The van der Waals surface area contributed by atoms with E-state index in [1.807, 2.05) is 12.1 Å². The van der Waals surface area contributed by atoms with Gasteiger partial charge in [0.15, 0.2) is 23.0 Å². The van der Waals surface area contributed by atoms with Gasteiger partial charge >= 0.3 is 5.97 Å². The number of ether oxygens (including phenoxy) is 2. The molecule has 1 aliphatic heterocycles. The molecular weight excluding hydrogens is 284 g/mol. The van der Waals surface area contributed by atoms with Gasteiger partial charge in [-0.25, -0.2) is 4.79 Å². The summed E-state index contributed by atoms with van der Waals surface area (Å²) in [4.78, 5) is 11.1. The van der Waals surface area contributed by atoms with Crippen LogP contribution in [0.5, 0.6) is 28.7 Å². The van der Waals surface area contributed by atoms with E-state index in [1.165, 1.54) is 12.1 Å². The van der Waals surface area contributed by atoms with E-state index in [-0.39, 0.29) is 11.3 Å². The molecule has 0 fully saturated rings. The van der Waals surface area contributed by atoms with Crippen molar-refractivity contribution in [2.45, 2.75) is 0 Å². The SMILES string of the molecule is O=C(O)c1cc(O)c2cc3c(cc2c1)Oc1ccccc1O3. The number of carbonyl (C=O) groups is 1. The maximum atomic E-state index is 11.1. The van der Waals surface area contributed by atoms with Crippen LogP contribution in [-0.4, -0.2) is 16.2 Å². The van der Waals surface area contributed by atoms with Gasteiger partial charge in [-0.3, -0.25) is 0 Å². The Bertz CT molecular complexity index is 930. The quantitative estimate of drug-likeness (QED) is 0.551. The zero-order valence-electron chi connectivity index (χ0n) is 11.2. The second-order valence-corrected chi connectivity index (χ2v) is 4.97. The van der Waals surface area contributed by atoms with Gasteiger partial charge in [0, 0.05) is 5.39 Å². The largest absolute Gasteiger partial charge is 0.507 e. The molecule has 1 aliphatic rings. The van der Waals surface area contributed by atoms with Crippen LogP contribution in [0, 0.1) is 0 Å². The number of benzene rings is 3. The van der Waals surface area contributed by atoms with Crippen molar-refractivity contribution in [1.29, 1.82) is 0 Å². The highest BCUT2D eigenvalue weighted by molar-refractivity contribution is 5.98. The molecule has 0 radical (unpaired) electrons. The molecule has 0 bridgehead atoms. The van der Waals surface area contributed by atoms with Crippen molar-refractivity contribution in [3.63, 3.8) is 0 Å². The van der Waals surface area contributed by atoms with Crippen LogP contribution in [-0.2, 0) is 0 Å². The summed E-state index contributed by atoms with van der Waals surface area (Å²) in [6, 6.07) is 13.3. The molecule has 0 aromatic heterocycles. The summed E-state index contributed by atoms with van der Waals surface area (Å²) < 4.78 is 11.5. The maximum absolute atomic E-state index is 11.1. The van der Waals surface area contributed by atoms with Crippen LogP contribution >= 0.6 is 0 Å². The highest BCUT2D eigenvalue weighted by Gasteiger charge is 2.20. The van der Waals surface area contributed by atoms with Gasteiger partial charge in [0.05, 0.1) is 5.56 Å². The van der Waals surface area contributed by atoms with E-state index in [2.05, 4.69) is 0 Å². The molecule has 0 saturated heterocycles. The molecule has 22 heavy (non-hydrogen) atoms. The van der Waals surface area contributed by atoms with Crippen molar-refractivity contribution in [3.05, 3.63) is 54.1 Å². The molecule has 0 spiro atoms. The Morgan fingerprint density at radius 1 is 0.864 bits per heavy atom. The van der Waals surface area contributed by atoms with E-state index < -0.39 is 5.97 Å². The average molecular weight is 294 g/mol. The molecule has 4 rings (SSSR count). The first-order valence-electron chi connectivity index (χ1n) is 6.60. The monoisotopic (exact) mass is 294 g/mol. The lowest BCUT2D eigenvalue weighted by Gasteiger charge is -2.21. The van der Waals surface area contributed by atoms with E-state index in [9.17, 15) is 9.90 Å². The molecule has 0 amide bonds. The Hall–Kier alpha value is -3.21. The maximum Gasteiger partial charge on any atom is 0.335 e. The lowest BCUT2D eigenvalue weighted by molar-refractivity contribution is 0.0696. The Morgan fingerprint density at radius 3 is 2.14 bits per heavy atom. The van der Waals surface area contributed by atoms with Crippen molar-refractivity contribution in [2.24, 2.45) is 0 Å². The van der Waals surface area contributed by atoms with E-state index in [0.29, 0.717) is 33.8 Å². The summed E-state index contributed by atoms with van der Waals surface area (Å²) in [5.41, 5.74) is 0.0158. The van der Waals surface area contributed by atoms with Crippen molar-refractivity contribution in [2.75, 3.05) is 0 Å². The molecule has 108 valence electrons. The summed E-state index contributed by atoms with van der Waals surface area (Å²) in [6.07, 6.45) is 0. The first kappa shape index (κ1) is 12.5. The topological polar surface area (TPSA) is 76.0 Å². The highest BCUT2D eigenvalue weighted by Crippen LogP contribution is 2.47. The summed E-state index contributed by atoms with van der Waals surface area (Å²) in [5, 5.41) is 20.2. The minimum atomic E-state index is -1.10. The molecule has 1 heterocycles.